The molecule has 1 aromatic carbocycles. The van der Waals surface area contributed by atoms with Crippen LogP contribution in [0.15, 0.2) is 40.6 Å². The fourth-order valence-electron chi connectivity index (χ4n) is 1.95. The van der Waals surface area contributed by atoms with Crippen molar-refractivity contribution in [2.24, 2.45) is 0 Å². The molecule has 0 spiro atoms. The molecule has 2 heterocycles. The quantitative estimate of drug-likeness (QED) is 0.840. The fraction of sp³-hybridized carbons (Fsp3) is 0.231. The van der Waals surface area contributed by atoms with E-state index in [1.165, 1.54) is 6.07 Å². The summed E-state index contributed by atoms with van der Waals surface area (Å²) in [6, 6.07) is 10.7. The Labute approximate surface area is 141 Å². The molecule has 1 aliphatic rings. The average Bonchev–Trinajstić information content (AvgIpc) is 3.09. The van der Waals surface area contributed by atoms with Crippen molar-refractivity contribution in [3.8, 4) is 0 Å². The standard InChI is InChI=1S/C13H12ClNO2S4/c14-11-4-5-12(20-11)21(16,17)15-10-3-1-2-9(8-10)13-18-6-7-19-13/h1-5,8,13,15H,6-7H2. The van der Waals surface area contributed by atoms with Gasteiger partial charge in [-0.05, 0) is 29.8 Å². The molecular formula is C13H12ClNO2S4. The summed E-state index contributed by atoms with van der Waals surface area (Å²) in [6.07, 6.45) is 0. The number of sulfonamides is 1. The van der Waals surface area contributed by atoms with Gasteiger partial charge in [0, 0.05) is 17.2 Å². The molecule has 8 heteroatoms. The molecule has 0 amide bonds. The topological polar surface area (TPSA) is 46.2 Å². The van der Waals surface area contributed by atoms with Gasteiger partial charge in [-0.1, -0.05) is 23.7 Å². The van der Waals surface area contributed by atoms with E-state index in [1.54, 1.807) is 12.1 Å². The van der Waals surface area contributed by atoms with Crippen molar-refractivity contribution in [1.82, 2.24) is 0 Å². The van der Waals surface area contributed by atoms with Crippen LogP contribution >= 0.6 is 46.5 Å². The summed E-state index contributed by atoms with van der Waals surface area (Å²) in [4.78, 5) is 0. The van der Waals surface area contributed by atoms with Gasteiger partial charge in [0.25, 0.3) is 10.0 Å². The zero-order valence-corrected chi connectivity index (χ0v) is 14.8. The molecule has 0 atom stereocenters. The minimum Gasteiger partial charge on any atom is -0.279 e. The van der Waals surface area contributed by atoms with Crippen LogP contribution in [0.5, 0.6) is 0 Å². The number of thioether (sulfide) groups is 2. The normalized spacial score (nSPS) is 16.2. The molecule has 2 aromatic rings. The maximum absolute atomic E-state index is 12.3. The van der Waals surface area contributed by atoms with Crippen LogP contribution in [0, 0.1) is 0 Å². The number of hydrogen-bond donors (Lipinski definition) is 1. The maximum atomic E-state index is 12.3. The zero-order chi connectivity index (χ0) is 14.9. The van der Waals surface area contributed by atoms with Gasteiger partial charge >= 0.3 is 0 Å². The highest BCUT2D eigenvalue weighted by atomic mass is 35.5. The SMILES string of the molecule is O=S(=O)(Nc1cccc(C2SCCS2)c1)c1ccc(Cl)s1. The van der Waals surface area contributed by atoms with Gasteiger partial charge in [0.2, 0.25) is 0 Å². The lowest BCUT2D eigenvalue weighted by Gasteiger charge is -2.11. The largest absolute Gasteiger partial charge is 0.279 e. The Kier molecular flexibility index (Phi) is 4.75. The van der Waals surface area contributed by atoms with Gasteiger partial charge in [-0.3, -0.25) is 4.72 Å². The van der Waals surface area contributed by atoms with Crippen LogP contribution in [-0.2, 0) is 10.0 Å². The summed E-state index contributed by atoms with van der Waals surface area (Å²) >= 11 is 10.6. The van der Waals surface area contributed by atoms with Gasteiger partial charge in [0.05, 0.1) is 8.92 Å². The van der Waals surface area contributed by atoms with Gasteiger partial charge in [0.15, 0.2) is 0 Å². The van der Waals surface area contributed by atoms with Crippen molar-refractivity contribution in [2.45, 2.75) is 8.79 Å². The lowest BCUT2D eigenvalue weighted by atomic mass is 10.2. The third-order valence-corrected chi connectivity index (χ3v) is 9.05. The molecule has 0 radical (unpaired) electrons. The second-order valence-corrected chi connectivity index (χ2v) is 10.7. The number of rotatable bonds is 4. The summed E-state index contributed by atoms with van der Waals surface area (Å²) in [6.45, 7) is 0. The van der Waals surface area contributed by atoms with Crippen molar-refractivity contribution in [2.75, 3.05) is 16.2 Å². The van der Waals surface area contributed by atoms with E-state index in [-0.39, 0.29) is 4.21 Å². The molecule has 0 saturated carbocycles. The molecule has 1 aliphatic heterocycles. The second-order valence-electron chi connectivity index (χ2n) is 4.36. The Bertz CT molecular complexity index is 738. The van der Waals surface area contributed by atoms with Gasteiger partial charge in [-0.2, -0.15) is 0 Å². The fourth-order valence-corrected chi connectivity index (χ4v) is 7.32. The molecule has 1 N–H and O–H groups in total. The minimum atomic E-state index is -3.56. The second kappa shape index (κ2) is 6.42. The van der Waals surface area contributed by atoms with E-state index >= 15 is 0 Å². The monoisotopic (exact) mass is 377 g/mol. The minimum absolute atomic E-state index is 0.225. The molecule has 0 unspecified atom stereocenters. The van der Waals surface area contributed by atoms with E-state index in [0.717, 1.165) is 28.4 Å². The molecule has 3 rings (SSSR count). The third kappa shape index (κ3) is 3.71. The molecule has 1 fully saturated rings. The van der Waals surface area contributed by atoms with Crippen molar-refractivity contribution in [3.63, 3.8) is 0 Å². The first-order chi connectivity index (χ1) is 10.0. The first-order valence-electron chi connectivity index (χ1n) is 6.16. The molecular weight excluding hydrogens is 366 g/mol. The predicted octanol–water partition coefficient (Wildman–Crippen LogP) is 4.68. The van der Waals surface area contributed by atoms with Gasteiger partial charge in [-0.25, -0.2) is 8.42 Å². The summed E-state index contributed by atoms with van der Waals surface area (Å²) in [7, 11) is -3.56. The van der Waals surface area contributed by atoms with Crippen molar-refractivity contribution >= 4 is 62.2 Å². The number of thiophene rings is 1. The molecule has 1 saturated heterocycles. The highest BCUT2D eigenvalue weighted by molar-refractivity contribution is 8.19. The number of halogens is 1. The van der Waals surface area contributed by atoms with E-state index in [1.807, 2.05) is 41.7 Å². The Morgan fingerprint density at radius 1 is 1.14 bits per heavy atom. The van der Waals surface area contributed by atoms with E-state index < -0.39 is 10.0 Å². The molecule has 0 aliphatic carbocycles. The van der Waals surface area contributed by atoms with Crippen LogP contribution in [-0.4, -0.2) is 19.9 Å². The maximum Gasteiger partial charge on any atom is 0.271 e. The van der Waals surface area contributed by atoms with Crippen LogP contribution in [0.25, 0.3) is 0 Å². The van der Waals surface area contributed by atoms with Crippen LogP contribution in [0.3, 0.4) is 0 Å². The van der Waals surface area contributed by atoms with Crippen molar-refractivity contribution < 1.29 is 8.42 Å². The highest BCUT2D eigenvalue weighted by Crippen LogP contribution is 2.45. The van der Waals surface area contributed by atoms with Gasteiger partial charge < -0.3 is 0 Å². The molecule has 3 nitrogen and oxygen atoms in total. The molecule has 112 valence electrons. The van der Waals surface area contributed by atoms with E-state index in [0.29, 0.717) is 14.6 Å². The number of nitrogens with one attached hydrogen (secondary N) is 1. The highest BCUT2D eigenvalue weighted by Gasteiger charge is 2.20. The van der Waals surface area contributed by atoms with Gasteiger partial charge in [0.1, 0.15) is 4.21 Å². The Balaban J connectivity index is 1.83. The van der Waals surface area contributed by atoms with Crippen molar-refractivity contribution in [1.29, 1.82) is 0 Å². The van der Waals surface area contributed by atoms with E-state index in [9.17, 15) is 8.42 Å². The third-order valence-electron chi connectivity index (χ3n) is 2.85. The van der Waals surface area contributed by atoms with Crippen molar-refractivity contribution in [3.05, 3.63) is 46.3 Å². The molecule has 21 heavy (non-hydrogen) atoms. The Hall–Kier alpha value is -0.340. The average molecular weight is 378 g/mol. The van der Waals surface area contributed by atoms with Crippen LogP contribution in [0.2, 0.25) is 4.34 Å². The summed E-state index contributed by atoms with van der Waals surface area (Å²) in [5.41, 5.74) is 1.73. The number of hydrogen-bond acceptors (Lipinski definition) is 5. The van der Waals surface area contributed by atoms with Gasteiger partial charge in [-0.15, -0.1) is 34.9 Å². The predicted molar refractivity (Wildman–Crippen MR) is 94.2 cm³/mol. The molecule has 0 bridgehead atoms. The number of anilines is 1. The summed E-state index contributed by atoms with van der Waals surface area (Å²) < 4.78 is 28.3. The zero-order valence-electron chi connectivity index (χ0n) is 10.8. The van der Waals surface area contributed by atoms with E-state index in [4.69, 9.17) is 11.6 Å². The van der Waals surface area contributed by atoms with Crippen LogP contribution in [0.1, 0.15) is 10.1 Å². The summed E-state index contributed by atoms with van der Waals surface area (Å²) in [5.74, 6) is 2.28. The van der Waals surface area contributed by atoms with Crippen LogP contribution < -0.4 is 4.72 Å². The van der Waals surface area contributed by atoms with E-state index in [2.05, 4.69) is 4.72 Å². The summed E-state index contributed by atoms with van der Waals surface area (Å²) in [5, 5.41) is 0. The first kappa shape index (κ1) is 15.6. The lowest BCUT2D eigenvalue weighted by Crippen LogP contribution is -2.11. The Morgan fingerprint density at radius 3 is 2.57 bits per heavy atom. The first-order valence-corrected chi connectivity index (χ1v) is 10.9. The number of benzene rings is 1. The molecule has 1 aromatic heterocycles. The smallest absolute Gasteiger partial charge is 0.271 e. The lowest BCUT2D eigenvalue weighted by molar-refractivity contribution is 0.603. The van der Waals surface area contributed by atoms with Crippen LogP contribution in [0.4, 0.5) is 5.69 Å². The Morgan fingerprint density at radius 2 is 1.90 bits per heavy atom.